The van der Waals surface area contributed by atoms with Crippen LogP contribution in [0.4, 0.5) is 0 Å². The molecule has 0 N–H and O–H groups in total. The van der Waals surface area contributed by atoms with Crippen molar-refractivity contribution < 1.29 is 9.53 Å². The third kappa shape index (κ3) is 4.50. The maximum Gasteiger partial charge on any atom is 0.302 e. The minimum Gasteiger partial charge on any atom is -0.462 e. The van der Waals surface area contributed by atoms with Gasteiger partial charge in [0.1, 0.15) is 6.10 Å². The second-order valence-electron chi connectivity index (χ2n) is 13.0. The Morgan fingerprint density at radius 1 is 1.12 bits per heavy atom. The second-order valence-corrected chi connectivity index (χ2v) is 13.0. The first-order valence-corrected chi connectivity index (χ1v) is 14.1. The molecule has 4 aliphatic carbocycles. The summed E-state index contributed by atoms with van der Waals surface area (Å²) in [5.41, 5.74) is 4.13. The van der Waals surface area contributed by atoms with Gasteiger partial charge in [-0.25, -0.2) is 0 Å². The lowest BCUT2D eigenvalue weighted by Gasteiger charge is -2.58. The van der Waals surface area contributed by atoms with E-state index in [0.717, 1.165) is 42.4 Å². The van der Waals surface area contributed by atoms with E-state index >= 15 is 0 Å². The standard InChI is InChI=1S/C31H50O2/c1-8-23(20(2)3)10-9-21(4)27-13-14-28-26-12-11-24-19-25(33-22(5)32)15-17-30(24,6)29(26)16-18-31(27,28)7/h8,11,20-21,25-29H,9-10,12-19H2,1-7H3/b23-8-/t21-,25?,26+,27-,28+,29+,30+,31-/m1/s1. The zero-order valence-electron chi connectivity index (χ0n) is 22.6. The molecule has 2 heteroatoms. The van der Waals surface area contributed by atoms with Gasteiger partial charge < -0.3 is 4.74 Å². The molecule has 2 nitrogen and oxygen atoms in total. The van der Waals surface area contributed by atoms with Crippen LogP contribution in [0.3, 0.4) is 0 Å². The maximum absolute atomic E-state index is 11.5. The van der Waals surface area contributed by atoms with Crippen molar-refractivity contribution in [3.63, 3.8) is 0 Å². The van der Waals surface area contributed by atoms with Crippen molar-refractivity contribution in [2.45, 2.75) is 119 Å². The summed E-state index contributed by atoms with van der Waals surface area (Å²) in [6, 6.07) is 0. The molecule has 0 radical (unpaired) electrons. The second kappa shape index (κ2) is 9.54. The molecule has 1 unspecified atom stereocenters. The molecule has 0 saturated heterocycles. The third-order valence-electron chi connectivity index (χ3n) is 11.2. The Bertz CT molecular complexity index is 791. The Hall–Kier alpha value is -1.05. The smallest absolute Gasteiger partial charge is 0.302 e. The summed E-state index contributed by atoms with van der Waals surface area (Å²) in [5, 5.41) is 0. The lowest BCUT2D eigenvalue weighted by Crippen LogP contribution is -2.51. The molecule has 0 aromatic rings. The van der Waals surface area contributed by atoms with Crippen LogP contribution < -0.4 is 0 Å². The largest absolute Gasteiger partial charge is 0.462 e. The van der Waals surface area contributed by atoms with Crippen molar-refractivity contribution in [2.75, 3.05) is 0 Å². The van der Waals surface area contributed by atoms with Crippen LogP contribution in [-0.2, 0) is 9.53 Å². The van der Waals surface area contributed by atoms with Crippen molar-refractivity contribution >= 4 is 5.97 Å². The lowest BCUT2D eigenvalue weighted by molar-refractivity contribution is -0.148. The van der Waals surface area contributed by atoms with Crippen LogP contribution in [0.2, 0.25) is 0 Å². The normalized spacial score (nSPS) is 41.6. The number of fused-ring (bicyclic) bond motifs is 5. The average Bonchev–Trinajstić information content (AvgIpc) is 3.11. The molecule has 4 aliphatic rings. The number of allylic oxidation sites excluding steroid dienone is 3. The number of carbonyl (C=O) groups excluding carboxylic acids is 1. The summed E-state index contributed by atoms with van der Waals surface area (Å²) in [7, 11) is 0. The fourth-order valence-corrected chi connectivity index (χ4v) is 9.30. The highest BCUT2D eigenvalue weighted by molar-refractivity contribution is 5.66. The van der Waals surface area contributed by atoms with E-state index in [4.69, 9.17) is 4.74 Å². The highest BCUT2D eigenvalue weighted by Crippen LogP contribution is 2.67. The van der Waals surface area contributed by atoms with Crippen LogP contribution in [0.5, 0.6) is 0 Å². The number of hydrogen-bond donors (Lipinski definition) is 0. The molecule has 33 heavy (non-hydrogen) atoms. The first-order chi connectivity index (χ1) is 15.6. The van der Waals surface area contributed by atoms with Gasteiger partial charge in [0.25, 0.3) is 0 Å². The van der Waals surface area contributed by atoms with E-state index in [9.17, 15) is 4.79 Å². The van der Waals surface area contributed by atoms with Gasteiger partial charge in [0.15, 0.2) is 0 Å². The molecular weight excluding hydrogens is 404 g/mol. The minimum absolute atomic E-state index is 0.108. The zero-order valence-corrected chi connectivity index (χ0v) is 22.6. The molecule has 0 bridgehead atoms. The van der Waals surface area contributed by atoms with E-state index in [-0.39, 0.29) is 12.1 Å². The third-order valence-corrected chi connectivity index (χ3v) is 11.2. The number of carbonyl (C=O) groups is 1. The molecule has 0 spiro atoms. The number of hydrogen-bond acceptors (Lipinski definition) is 2. The van der Waals surface area contributed by atoms with E-state index in [0.29, 0.717) is 16.7 Å². The van der Waals surface area contributed by atoms with Crippen LogP contribution in [0, 0.1) is 46.3 Å². The number of esters is 1. The number of ether oxygens (including phenoxy) is 1. The molecule has 0 aliphatic heterocycles. The van der Waals surface area contributed by atoms with Crippen LogP contribution >= 0.6 is 0 Å². The lowest BCUT2D eigenvalue weighted by atomic mass is 9.47. The van der Waals surface area contributed by atoms with Crippen molar-refractivity contribution in [3.8, 4) is 0 Å². The molecule has 8 atom stereocenters. The summed E-state index contributed by atoms with van der Waals surface area (Å²) in [6.45, 7) is 16.3. The Labute approximate surface area is 204 Å². The fraction of sp³-hybridized carbons (Fsp3) is 0.839. The van der Waals surface area contributed by atoms with E-state index < -0.39 is 0 Å². The van der Waals surface area contributed by atoms with Gasteiger partial charge >= 0.3 is 5.97 Å². The quantitative estimate of drug-likeness (QED) is 0.297. The summed E-state index contributed by atoms with van der Waals surface area (Å²) in [6.07, 6.45) is 17.9. The first kappa shape index (κ1) is 25.1. The highest BCUT2D eigenvalue weighted by atomic mass is 16.5. The van der Waals surface area contributed by atoms with Gasteiger partial charge in [-0.15, -0.1) is 0 Å². The van der Waals surface area contributed by atoms with Gasteiger partial charge in [-0.2, -0.15) is 0 Å². The Kier molecular flexibility index (Phi) is 7.24. The minimum atomic E-state index is -0.118. The van der Waals surface area contributed by atoms with E-state index in [2.05, 4.69) is 53.7 Å². The van der Waals surface area contributed by atoms with Crippen LogP contribution in [0.25, 0.3) is 0 Å². The average molecular weight is 455 g/mol. The van der Waals surface area contributed by atoms with Gasteiger partial charge in [0.2, 0.25) is 0 Å². The fourth-order valence-electron chi connectivity index (χ4n) is 9.30. The predicted molar refractivity (Wildman–Crippen MR) is 138 cm³/mol. The molecule has 0 aromatic heterocycles. The van der Waals surface area contributed by atoms with Crippen LogP contribution in [-0.4, -0.2) is 12.1 Å². The molecule has 4 rings (SSSR count). The van der Waals surface area contributed by atoms with Gasteiger partial charge in [-0.1, -0.05) is 57.9 Å². The highest BCUT2D eigenvalue weighted by Gasteiger charge is 2.59. The monoisotopic (exact) mass is 454 g/mol. The first-order valence-electron chi connectivity index (χ1n) is 14.1. The Morgan fingerprint density at radius 3 is 2.55 bits per heavy atom. The molecule has 0 amide bonds. The van der Waals surface area contributed by atoms with Crippen molar-refractivity contribution in [3.05, 3.63) is 23.3 Å². The molecule has 3 saturated carbocycles. The van der Waals surface area contributed by atoms with Crippen molar-refractivity contribution in [1.29, 1.82) is 0 Å². The van der Waals surface area contributed by atoms with Crippen molar-refractivity contribution in [1.82, 2.24) is 0 Å². The van der Waals surface area contributed by atoms with Crippen LogP contribution in [0.1, 0.15) is 113 Å². The Morgan fingerprint density at radius 2 is 1.88 bits per heavy atom. The summed E-state index contributed by atoms with van der Waals surface area (Å²) in [5.74, 6) is 4.88. The van der Waals surface area contributed by atoms with Gasteiger partial charge in [-0.05, 0) is 111 Å². The molecule has 3 fully saturated rings. The maximum atomic E-state index is 11.5. The van der Waals surface area contributed by atoms with Crippen molar-refractivity contribution in [2.24, 2.45) is 46.3 Å². The van der Waals surface area contributed by atoms with E-state index in [1.54, 1.807) is 18.1 Å². The van der Waals surface area contributed by atoms with Gasteiger partial charge in [0.05, 0.1) is 0 Å². The molecule has 0 heterocycles. The van der Waals surface area contributed by atoms with E-state index in [1.165, 1.54) is 51.4 Å². The predicted octanol–water partition coefficient (Wildman–Crippen LogP) is 8.52. The summed E-state index contributed by atoms with van der Waals surface area (Å²) in [4.78, 5) is 11.5. The summed E-state index contributed by atoms with van der Waals surface area (Å²) >= 11 is 0. The molecule has 186 valence electrons. The van der Waals surface area contributed by atoms with Gasteiger partial charge in [0, 0.05) is 13.3 Å². The number of rotatable bonds is 6. The molecule has 0 aromatic carbocycles. The SMILES string of the molecule is C/C=C(/CC[C@@H](C)[C@H]1CC[C@H]2[C@@H]3CC=C4CC(OC(C)=O)CC[C@]4(C)[C@H]3CC[C@]12C)C(C)C. The van der Waals surface area contributed by atoms with E-state index in [1.807, 2.05) is 0 Å². The van der Waals surface area contributed by atoms with Gasteiger partial charge in [-0.3, -0.25) is 4.79 Å². The Balaban J connectivity index is 1.47. The summed E-state index contributed by atoms with van der Waals surface area (Å²) < 4.78 is 5.63. The topological polar surface area (TPSA) is 26.3 Å². The van der Waals surface area contributed by atoms with Crippen LogP contribution in [0.15, 0.2) is 23.3 Å². The molecular formula is C31H50O2. The zero-order chi connectivity index (χ0) is 24.0.